The summed E-state index contributed by atoms with van der Waals surface area (Å²) >= 11 is 0. The van der Waals surface area contributed by atoms with E-state index in [9.17, 15) is 18.4 Å². The van der Waals surface area contributed by atoms with Gasteiger partial charge in [0.2, 0.25) is 5.91 Å². The Hall–Kier alpha value is -1.98. The van der Waals surface area contributed by atoms with E-state index in [-0.39, 0.29) is 18.0 Å². The Labute approximate surface area is 96.2 Å². The molecule has 2 rings (SSSR count). The van der Waals surface area contributed by atoms with Crippen molar-refractivity contribution in [3.05, 3.63) is 35.4 Å². The molecule has 0 bridgehead atoms. The fourth-order valence-corrected chi connectivity index (χ4v) is 1.65. The van der Waals surface area contributed by atoms with Crippen molar-refractivity contribution in [1.29, 1.82) is 0 Å². The van der Waals surface area contributed by atoms with Gasteiger partial charge in [-0.3, -0.25) is 9.59 Å². The average Bonchev–Trinajstić information content (AvgIpc) is 2.28. The van der Waals surface area contributed by atoms with Gasteiger partial charge < -0.3 is 10.2 Å². The highest BCUT2D eigenvalue weighted by Crippen LogP contribution is 2.12. The number of amides is 2. The molecule has 2 amide bonds. The third-order valence-corrected chi connectivity index (χ3v) is 2.49. The number of benzene rings is 1. The smallest absolute Gasteiger partial charge is 0.257 e. The summed E-state index contributed by atoms with van der Waals surface area (Å²) in [6.07, 6.45) is 0. The van der Waals surface area contributed by atoms with Crippen molar-refractivity contribution in [3.63, 3.8) is 0 Å². The minimum atomic E-state index is -0.916. The monoisotopic (exact) mass is 240 g/mol. The lowest BCUT2D eigenvalue weighted by Crippen LogP contribution is -2.50. The average molecular weight is 240 g/mol. The number of carbonyl (C=O) groups excluding carboxylic acids is 2. The Kier molecular flexibility index (Phi) is 3.03. The number of nitrogens with zero attached hydrogens (tertiary/aromatic N) is 1. The van der Waals surface area contributed by atoms with E-state index in [1.54, 1.807) is 0 Å². The zero-order valence-electron chi connectivity index (χ0n) is 8.87. The van der Waals surface area contributed by atoms with Crippen LogP contribution in [0.4, 0.5) is 8.78 Å². The number of piperazine rings is 1. The molecule has 0 unspecified atom stereocenters. The van der Waals surface area contributed by atoms with E-state index in [2.05, 4.69) is 5.32 Å². The molecule has 1 fully saturated rings. The number of carbonyl (C=O) groups is 2. The summed E-state index contributed by atoms with van der Waals surface area (Å²) in [5.74, 6) is -2.54. The molecule has 1 saturated heterocycles. The number of nitrogens with one attached hydrogen (secondary N) is 1. The van der Waals surface area contributed by atoms with E-state index in [0.29, 0.717) is 19.2 Å². The molecule has 1 heterocycles. The maximum atomic E-state index is 13.4. The van der Waals surface area contributed by atoms with Gasteiger partial charge in [0.05, 0.1) is 12.1 Å². The van der Waals surface area contributed by atoms with E-state index >= 15 is 0 Å². The number of hydrogen-bond acceptors (Lipinski definition) is 2. The first-order valence-corrected chi connectivity index (χ1v) is 5.09. The SMILES string of the molecule is O=C1CN(C(=O)c2ccc(F)cc2F)CCN1. The highest BCUT2D eigenvalue weighted by Gasteiger charge is 2.24. The van der Waals surface area contributed by atoms with Gasteiger partial charge in [-0.25, -0.2) is 8.78 Å². The zero-order chi connectivity index (χ0) is 12.4. The van der Waals surface area contributed by atoms with Gasteiger partial charge in [0, 0.05) is 19.2 Å². The van der Waals surface area contributed by atoms with Crippen molar-refractivity contribution in [1.82, 2.24) is 10.2 Å². The van der Waals surface area contributed by atoms with E-state index in [1.165, 1.54) is 4.90 Å². The van der Waals surface area contributed by atoms with Gasteiger partial charge >= 0.3 is 0 Å². The van der Waals surface area contributed by atoms with Crippen LogP contribution >= 0.6 is 0 Å². The third kappa shape index (κ3) is 2.41. The molecule has 6 heteroatoms. The van der Waals surface area contributed by atoms with Crippen LogP contribution in [0.1, 0.15) is 10.4 Å². The summed E-state index contributed by atoms with van der Waals surface area (Å²) in [6, 6.07) is 2.75. The maximum absolute atomic E-state index is 13.4. The first-order chi connectivity index (χ1) is 8.08. The Balaban J connectivity index is 2.21. The van der Waals surface area contributed by atoms with Gasteiger partial charge in [-0.1, -0.05) is 0 Å². The van der Waals surface area contributed by atoms with Crippen LogP contribution in [0.2, 0.25) is 0 Å². The summed E-state index contributed by atoms with van der Waals surface area (Å²) in [6.45, 7) is 0.560. The third-order valence-electron chi connectivity index (χ3n) is 2.49. The lowest BCUT2D eigenvalue weighted by atomic mass is 10.1. The molecule has 90 valence electrons. The predicted molar refractivity (Wildman–Crippen MR) is 55.3 cm³/mol. The van der Waals surface area contributed by atoms with Crippen LogP contribution < -0.4 is 5.32 Å². The molecular formula is C11H10F2N2O2. The first kappa shape index (κ1) is 11.5. The molecule has 17 heavy (non-hydrogen) atoms. The van der Waals surface area contributed by atoms with Crippen LogP contribution in [-0.4, -0.2) is 36.3 Å². The highest BCUT2D eigenvalue weighted by molar-refractivity contribution is 5.97. The van der Waals surface area contributed by atoms with Gasteiger partial charge in [-0.2, -0.15) is 0 Å². The molecule has 0 aliphatic carbocycles. The highest BCUT2D eigenvalue weighted by atomic mass is 19.1. The second-order valence-electron chi connectivity index (χ2n) is 3.70. The van der Waals surface area contributed by atoms with Crippen molar-refractivity contribution in [2.45, 2.75) is 0 Å². The van der Waals surface area contributed by atoms with Crippen LogP contribution in [0.3, 0.4) is 0 Å². The fourth-order valence-electron chi connectivity index (χ4n) is 1.65. The molecule has 0 saturated carbocycles. The van der Waals surface area contributed by atoms with Crippen LogP contribution in [0, 0.1) is 11.6 Å². The summed E-state index contributed by atoms with van der Waals surface area (Å²) in [7, 11) is 0. The Morgan fingerprint density at radius 1 is 1.35 bits per heavy atom. The summed E-state index contributed by atoms with van der Waals surface area (Å²) in [5.41, 5.74) is -0.221. The van der Waals surface area contributed by atoms with Crippen LogP contribution in [0.5, 0.6) is 0 Å². The van der Waals surface area contributed by atoms with E-state index < -0.39 is 17.5 Å². The molecule has 4 nitrogen and oxygen atoms in total. The first-order valence-electron chi connectivity index (χ1n) is 5.09. The maximum Gasteiger partial charge on any atom is 0.257 e. The topological polar surface area (TPSA) is 49.4 Å². The van der Waals surface area contributed by atoms with Crippen molar-refractivity contribution in [2.24, 2.45) is 0 Å². The minimum Gasteiger partial charge on any atom is -0.353 e. The molecule has 0 spiro atoms. The second kappa shape index (κ2) is 4.48. The van der Waals surface area contributed by atoms with Crippen molar-refractivity contribution < 1.29 is 18.4 Å². The number of halogens is 2. The van der Waals surface area contributed by atoms with E-state index in [4.69, 9.17) is 0 Å². The zero-order valence-corrected chi connectivity index (χ0v) is 8.87. The van der Waals surface area contributed by atoms with Crippen LogP contribution in [0.15, 0.2) is 18.2 Å². The van der Waals surface area contributed by atoms with Gasteiger partial charge in [0.25, 0.3) is 5.91 Å². The lowest BCUT2D eigenvalue weighted by molar-refractivity contribution is -0.123. The molecule has 1 aromatic carbocycles. The molecule has 1 N–H and O–H groups in total. The molecule has 0 aromatic heterocycles. The standard InChI is InChI=1S/C11H10F2N2O2/c12-7-1-2-8(9(13)5-7)11(17)15-4-3-14-10(16)6-15/h1-2,5H,3-4,6H2,(H,14,16). The van der Waals surface area contributed by atoms with Gasteiger partial charge in [0.15, 0.2) is 0 Å². The van der Waals surface area contributed by atoms with Crippen molar-refractivity contribution in [2.75, 3.05) is 19.6 Å². The molecule has 0 atom stereocenters. The molecule has 1 aliphatic heterocycles. The summed E-state index contributed by atoms with van der Waals surface area (Å²) in [4.78, 5) is 24.2. The van der Waals surface area contributed by atoms with E-state index in [1.807, 2.05) is 0 Å². The fraction of sp³-hybridized carbons (Fsp3) is 0.273. The summed E-state index contributed by atoms with van der Waals surface area (Å²) in [5, 5.41) is 2.56. The Bertz CT molecular complexity index is 477. The molecule has 0 radical (unpaired) electrons. The van der Waals surface area contributed by atoms with Crippen molar-refractivity contribution >= 4 is 11.8 Å². The summed E-state index contributed by atoms with van der Waals surface area (Å²) < 4.78 is 26.1. The Morgan fingerprint density at radius 3 is 2.76 bits per heavy atom. The van der Waals surface area contributed by atoms with Crippen LogP contribution in [-0.2, 0) is 4.79 Å². The predicted octanol–water partition coefficient (Wildman–Crippen LogP) is 0.537. The Morgan fingerprint density at radius 2 is 2.12 bits per heavy atom. The number of rotatable bonds is 1. The largest absolute Gasteiger partial charge is 0.353 e. The van der Waals surface area contributed by atoms with Gasteiger partial charge in [0.1, 0.15) is 11.6 Å². The minimum absolute atomic E-state index is 0.102. The number of hydrogen-bond donors (Lipinski definition) is 1. The molecular weight excluding hydrogens is 230 g/mol. The normalized spacial score (nSPS) is 15.6. The van der Waals surface area contributed by atoms with Gasteiger partial charge in [-0.05, 0) is 12.1 Å². The lowest BCUT2D eigenvalue weighted by Gasteiger charge is -2.26. The molecule has 1 aliphatic rings. The second-order valence-corrected chi connectivity index (χ2v) is 3.70. The van der Waals surface area contributed by atoms with Crippen LogP contribution in [0.25, 0.3) is 0 Å². The van der Waals surface area contributed by atoms with Gasteiger partial charge in [-0.15, -0.1) is 0 Å². The quantitative estimate of drug-likeness (QED) is 0.778. The molecule has 1 aromatic rings. The van der Waals surface area contributed by atoms with Crippen molar-refractivity contribution in [3.8, 4) is 0 Å². The van der Waals surface area contributed by atoms with E-state index in [0.717, 1.165) is 12.1 Å².